The number of halogens is 1. The molecule has 17 heavy (non-hydrogen) atoms. The van der Waals surface area contributed by atoms with Crippen molar-refractivity contribution in [2.75, 3.05) is 6.54 Å². The van der Waals surface area contributed by atoms with Crippen molar-refractivity contribution in [3.8, 4) is 0 Å². The molecule has 1 aromatic rings. The molecule has 0 bridgehead atoms. The molecular weight excluding hydrogens is 219 g/mol. The van der Waals surface area contributed by atoms with Crippen LogP contribution in [-0.4, -0.2) is 18.5 Å². The minimum absolute atomic E-state index is 0.212. The Morgan fingerprint density at radius 3 is 2.65 bits per heavy atom. The Labute approximate surface area is 101 Å². The first-order chi connectivity index (χ1) is 8.08. The van der Waals surface area contributed by atoms with E-state index in [-0.39, 0.29) is 11.7 Å². The quantitative estimate of drug-likeness (QED) is 0.709. The number of amides is 1. The van der Waals surface area contributed by atoms with Crippen LogP contribution < -0.4 is 11.1 Å². The smallest absolute Gasteiger partial charge is 0.217 e. The van der Waals surface area contributed by atoms with Crippen molar-refractivity contribution in [2.24, 2.45) is 5.73 Å². The third kappa shape index (κ3) is 6.02. The highest BCUT2D eigenvalue weighted by Gasteiger charge is 2.03. The van der Waals surface area contributed by atoms with Crippen LogP contribution in [0.25, 0.3) is 0 Å². The van der Waals surface area contributed by atoms with Gasteiger partial charge in [-0.15, -0.1) is 0 Å². The van der Waals surface area contributed by atoms with E-state index in [1.54, 1.807) is 12.1 Å². The van der Waals surface area contributed by atoms with E-state index < -0.39 is 0 Å². The molecule has 0 aromatic heterocycles. The summed E-state index contributed by atoms with van der Waals surface area (Å²) in [4.78, 5) is 10.5. The lowest BCUT2D eigenvalue weighted by molar-refractivity contribution is -0.118. The van der Waals surface area contributed by atoms with Gasteiger partial charge in [-0.3, -0.25) is 4.79 Å². The predicted molar refractivity (Wildman–Crippen MR) is 66.0 cm³/mol. The van der Waals surface area contributed by atoms with Gasteiger partial charge in [0.1, 0.15) is 5.82 Å². The number of nitrogens with one attached hydrogen (secondary N) is 1. The van der Waals surface area contributed by atoms with E-state index in [0.29, 0.717) is 12.5 Å². The lowest BCUT2D eigenvalue weighted by Gasteiger charge is -2.13. The molecule has 0 aliphatic carbocycles. The molecule has 4 heteroatoms. The third-order valence-electron chi connectivity index (χ3n) is 2.55. The second-order valence-corrected chi connectivity index (χ2v) is 4.26. The standard InChI is InChI=1S/C13H19FN2O/c1-10(16-8-2-3-13(15)17)9-11-4-6-12(14)7-5-11/h4-7,10,16H,2-3,8-9H2,1H3,(H2,15,17). The topological polar surface area (TPSA) is 55.1 Å². The van der Waals surface area contributed by atoms with E-state index in [2.05, 4.69) is 12.2 Å². The first-order valence-corrected chi connectivity index (χ1v) is 5.84. The summed E-state index contributed by atoms with van der Waals surface area (Å²) in [6.07, 6.45) is 2.01. The zero-order chi connectivity index (χ0) is 12.7. The number of carbonyl (C=O) groups is 1. The summed E-state index contributed by atoms with van der Waals surface area (Å²) in [5, 5.41) is 3.30. The van der Waals surface area contributed by atoms with Gasteiger partial charge < -0.3 is 11.1 Å². The van der Waals surface area contributed by atoms with Crippen LogP contribution in [0.1, 0.15) is 25.3 Å². The van der Waals surface area contributed by atoms with Gasteiger partial charge in [-0.05, 0) is 44.0 Å². The summed E-state index contributed by atoms with van der Waals surface area (Å²) in [6, 6.07) is 6.81. The summed E-state index contributed by atoms with van der Waals surface area (Å²) < 4.78 is 12.7. The van der Waals surface area contributed by atoms with Crippen molar-refractivity contribution in [3.63, 3.8) is 0 Å². The number of nitrogens with two attached hydrogens (primary N) is 1. The van der Waals surface area contributed by atoms with Crippen molar-refractivity contribution >= 4 is 5.91 Å². The van der Waals surface area contributed by atoms with Crippen molar-refractivity contribution in [1.82, 2.24) is 5.32 Å². The van der Waals surface area contributed by atoms with Crippen LogP contribution in [0.3, 0.4) is 0 Å². The Balaban J connectivity index is 2.22. The largest absolute Gasteiger partial charge is 0.370 e. The van der Waals surface area contributed by atoms with Crippen LogP contribution in [0, 0.1) is 5.82 Å². The lowest BCUT2D eigenvalue weighted by Crippen LogP contribution is -2.29. The molecule has 1 rings (SSSR count). The summed E-state index contributed by atoms with van der Waals surface area (Å²) in [5.41, 5.74) is 6.14. The molecule has 0 radical (unpaired) electrons. The monoisotopic (exact) mass is 238 g/mol. The van der Waals surface area contributed by atoms with Gasteiger partial charge in [0, 0.05) is 12.5 Å². The van der Waals surface area contributed by atoms with Crippen LogP contribution in [0.5, 0.6) is 0 Å². The first kappa shape index (κ1) is 13.6. The molecule has 0 saturated heterocycles. The Bertz CT molecular complexity index is 351. The van der Waals surface area contributed by atoms with Crippen molar-refractivity contribution < 1.29 is 9.18 Å². The van der Waals surface area contributed by atoms with Crippen LogP contribution in [-0.2, 0) is 11.2 Å². The number of hydrogen-bond acceptors (Lipinski definition) is 2. The van der Waals surface area contributed by atoms with E-state index in [0.717, 1.165) is 24.9 Å². The SMILES string of the molecule is CC(Cc1ccc(F)cc1)NCCCC(N)=O. The molecule has 0 aliphatic rings. The second-order valence-electron chi connectivity index (χ2n) is 4.26. The predicted octanol–water partition coefficient (Wildman–Crippen LogP) is 1.61. The van der Waals surface area contributed by atoms with E-state index in [9.17, 15) is 9.18 Å². The highest BCUT2D eigenvalue weighted by Crippen LogP contribution is 2.05. The average molecular weight is 238 g/mol. The minimum atomic E-state index is -0.266. The number of benzene rings is 1. The zero-order valence-corrected chi connectivity index (χ0v) is 10.1. The van der Waals surface area contributed by atoms with E-state index in [4.69, 9.17) is 5.73 Å². The summed E-state index contributed by atoms with van der Waals surface area (Å²) in [5.74, 6) is -0.478. The molecular formula is C13H19FN2O. The van der Waals surface area contributed by atoms with Gasteiger partial charge in [0.25, 0.3) is 0 Å². The fourth-order valence-electron chi connectivity index (χ4n) is 1.66. The van der Waals surface area contributed by atoms with Gasteiger partial charge in [-0.1, -0.05) is 12.1 Å². The summed E-state index contributed by atoms with van der Waals surface area (Å²) in [6.45, 7) is 2.83. The molecule has 0 aliphatic heterocycles. The summed E-state index contributed by atoms with van der Waals surface area (Å²) >= 11 is 0. The highest BCUT2D eigenvalue weighted by atomic mass is 19.1. The number of carbonyl (C=O) groups excluding carboxylic acids is 1. The Morgan fingerprint density at radius 2 is 2.06 bits per heavy atom. The fourth-order valence-corrected chi connectivity index (χ4v) is 1.66. The Hall–Kier alpha value is -1.42. The normalized spacial score (nSPS) is 12.4. The molecule has 3 nitrogen and oxygen atoms in total. The van der Waals surface area contributed by atoms with Gasteiger partial charge in [0.2, 0.25) is 5.91 Å². The molecule has 1 amide bonds. The minimum Gasteiger partial charge on any atom is -0.370 e. The van der Waals surface area contributed by atoms with Crippen LogP contribution in [0.4, 0.5) is 4.39 Å². The molecule has 1 atom stereocenters. The van der Waals surface area contributed by atoms with Crippen LogP contribution in [0.2, 0.25) is 0 Å². The molecule has 94 valence electrons. The molecule has 1 unspecified atom stereocenters. The van der Waals surface area contributed by atoms with Crippen LogP contribution >= 0.6 is 0 Å². The van der Waals surface area contributed by atoms with Gasteiger partial charge in [0.05, 0.1) is 0 Å². The van der Waals surface area contributed by atoms with Crippen molar-refractivity contribution in [1.29, 1.82) is 0 Å². The maximum absolute atomic E-state index is 12.7. The molecule has 0 fully saturated rings. The molecule has 0 heterocycles. The second kappa shape index (κ2) is 7.01. The first-order valence-electron chi connectivity index (χ1n) is 5.84. The number of hydrogen-bond donors (Lipinski definition) is 2. The lowest BCUT2D eigenvalue weighted by atomic mass is 10.1. The third-order valence-corrected chi connectivity index (χ3v) is 2.55. The molecule has 3 N–H and O–H groups in total. The van der Waals surface area contributed by atoms with Crippen molar-refractivity contribution in [2.45, 2.75) is 32.2 Å². The zero-order valence-electron chi connectivity index (χ0n) is 10.1. The summed E-state index contributed by atoms with van der Waals surface area (Å²) in [7, 11) is 0. The maximum atomic E-state index is 12.7. The number of primary amides is 1. The fraction of sp³-hybridized carbons (Fsp3) is 0.462. The molecule has 0 spiro atoms. The van der Waals surface area contributed by atoms with Crippen molar-refractivity contribution in [3.05, 3.63) is 35.6 Å². The van der Waals surface area contributed by atoms with Crippen LogP contribution in [0.15, 0.2) is 24.3 Å². The Kier molecular flexibility index (Phi) is 5.63. The van der Waals surface area contributed by atoms with Gasteiger partial charge >= 0.3 is 0 Å². The maximum Gasteiger partial charge on any atom is 0.217 e. The Morgan fingerprint density at radius 1 is 1.41 bits per heavy atom. The van der Waals surface area contributed by atoms with E-state index in [1.807, 2.05) is 0 Å². The van der Waals surface area contributed by atoms with E-state index in [1.165, 1.54) is 12.1 Å². The molecule has 1 aromatic carbocycles. The van der Waals surface area contributed by atoms with E-state index >= 15 is 0 Å². The highest BCUT2D eigenvalue weighted by molar-refractivity contribution is 5.73. The van der Waals surface area contributed by atoms with Gasteiger partial charge in [0.15, 0.2) is 0 Å². The average Bonchev–Trinajstić information content (AvgIpc) is 2.27. The number of rotatable bonds is 7. The van der Waals surface area contributed by atoms with Gasteiger partial charge in [-0.2, -0.15) is 0 Å². The van der Waals surface area contributed by atoms with Gasteiger partial charge in [-0.25, -0.2) is 4.39 Å². The molecule has 0 saturated carbocycles.